The van der Waals surface area contributed by atoms with E-state index in [1.165, 1.54) is 18.1 Å². The fourth-order valence-electron chi connectivity index (χ4n) is 6.27. The van der Waals surface area contributed by atoms with Crippen molar-refractivity contribution in [3.63, 3.8) is 0 Å². The average molecular weight is 465 g/mol. The van der Waals surface area contributed by atoms with Crippen LogP contribution in [0.3, 0.4) is 0 Å². The fraction of sp³-hybridized carbons (Fsp3) is 0.591. The summed E-state index contributed by atoms with van der Waals surface area (Å²) >= 11 is 0. The standard InChI is InChI=1S/C22H22F3N3O5/c1-20-8-14(27-15(29)10-31-2)21(33-20)5-6-32-19-17(21)16(20)18(30)28(19)12-4-3-11(9-26)13(7-12)22(23,24)25/h3-4,7,14,16-17,19H,5-6,8,10H2,1-2H3,(H,27,29)/t14-,16-,17+,19+,20-,21+/m1/s1. The second-order valence-corrected chi connectivity index (χ2v) is 9.19. The largest absolute Gasteiger partial charge is 0.417 e. The number of nitrogens with one attached hydrogen (secondary N) is 1. The van der Waals surface area contributed by atoms with Gasteiger partial charge in [-0.15, -0.1) is 0 Å². The SMILES string of the molecule is COCC(=O)N[C@@H]1C[C@@]2(C)O[C@@]13CCO[C@H]1[C@@H]3[C@@H]2C(=O)N1c1ccc(C#N)c(C(F)(F)F)c1. The molecule has 0 aliphatic carbocycles. The van der Waals surface area contributed by atoms with E-state index in [9.17, 15) is 22.8 Å². The van der Waals surface area contributed by atoms with Crippen molar-refractivity contribution in [3.8, 4) is 6.07 Å². The molecular formula is C22H22F3N3O5. The minimum atomic E-state index is -4.75. The van der Waals surface area contributed by atoms with Gasteiger partial charge in [-0.1, -0.05) is 0 Å². The third kappa shape index (κ3) is 3.01. The molecule has 33 heavy (non-hydrogen) atoms. The number of ether oxygens (including phenoxy) is 3. The van der Waals surface area contributed by atoms with Crippen LogP contribution in [0.15, 0.2) is 18.2 Å². The monoisotopic (exact) mass is 465 g/mol. The summed E-state index contributed by atoms with van der Waals surface area (Å²) in [6.45, 7) is 1.90. The first kappa shape index (κ1) is 22.1. The highest BCUT2D eigenvalue weighted by Crippen LogP contribution is 2.65. The Balaban J connectivity index is 1.54. The summed E-state index contributed by atoms with van der Waals surface area (Å²) in [6, 6.07) is 4.40. The van der Waals surface area contributed by atoms with E-state index in [4.69, 9.17) is 19.5 Å². The van der Waals surface area contributed by atoms with Gasteiger partial charge in [0.1, 0.15) is 12.8 Å². The summed E-state index contributed by atoms with van der Waals surface area (Å²) in [5.41, 5.74) is -3.36. The molecule has 0 aromatic heterocycles. The smallest absolute Gasteiger partial charge is 0.375 e. The van der Waals surface area contributed by atoms with Crippen LogP contribution in [0.2, 0.25) is 0 Å². The molecule has 0 saturated carbocycles. The lowest BCUT2D eigenvalue weighted by Gasteiger charge is -2.45. The Morgan fingerprint density at radius 2 is 2.18 bits per heavy atom. The third-order valence-electron chi connectivity index (χ3n) is 7.37. The first-order chi connectivity index (χ1) is 15.6. The lowest BCUT2D eigenvalue weighted by Crippen LogP contribution is -2.62. The second kappa shape index (κ2) is 7.16. The zero-order chi connectivity index (χ0) is 23.8. The van der Waals surface area contributed by atoms with Crippen molar-refractivity contribution >= 4 is 17.5 Å². The van der Waals surface area contributed by atoms with Gasteiger partial charge < -0.3 is 19.5 Å². The number of anilines is 1. The number of rotatable bonds is 4. The van der Waals surface area contributed by atoms with Crippen LogP contribution in [-0.4, -0.2) is 55.6 Å². The zero-order valence-electron chi connectivity index (χ0n) is 17.9. The molecule has 4 aliphatic rings. The van der Waals surface area contributed by atoms with Crippen LogP contribution in [0.4, 0.5) is 18.9 Å². The summed E-state index contributed by atoms with van der Waals surface area (Å²) in [4.78, 5) is 27.1. The van der Waals surface area contributed by atoms with Gasteiger partial charge in [0, 0.05) is 19.2 Å². The topological polar surface area (TPSA) is 101 Å². The van der Waals surface area contributed by atoms with Gasteiger partial charge in [-0.3, -0.25) is 14.5 Å². The fourth-order valence-corrected chi connectivity index (χ4v) is 6.27. The first-order valence-electron chi connectivity index (χ1n) is 10.6. The number of hydrogen-bond acceptors (Lipinski definition) is 6. The molecule has 6 atom stereocenters. The van der Waals surface area contributed by atoms with Crippen molar-refractivity contribution < 1.29 is 37.0 Å². The van der Waals surface area contributed by atoms with Crippen molar-refractivity contribution in [2.24, 2.45) is 11.8 Å². The van der Waals surface area contributed by atoms with Crippen molar-refractivity contribution in [2.45, 2.75) is 49.4 Å². The highest BCUT2D eigenvalue weighted by molar-refractivity contribution is 6.00. The second-order valence-electron chi connectivity index (χ2n) is 9.19. The number of nitriles is 1. The first-order valence-corrected chi connectivity index (χ1v) is 10.6. The molecule has 11 heteroatoms. The van der Waals surface area contributed by atoms with Gasteiger partial charge in [0.25, 0.3) is 0 Å². The van der Waals surface area contributed by atoms with Gasteiger partial charge >= 0.3 is 6.18 Å². The number of amides is 2. The number of hydrogen-bond donors (Lipinski definition) is 1. The number of alkyl halides is 3. The van der Waals surface area contributed by atoms with Gasteiger partial charge in [-0.05, 0) is 31.5 Å². The van der Waals surface area contributed by atoms with Gasteiger partial charge in [0.15, 0.2) is 0 Å². The molecule has 4 heterocycles. The Morgan fingerprint density at radius 3 is 2.85 bits per heavy atom. The molecule has 1 spiro atoms. The molecule has 176 valence electrons. The highest BCUT2D eigenvalue weighted by Gasteiger charge is 2.78. The Morgan fingerprint density at radius 1 is 1.42 bits per heavy atom. The summed E-state index contributed by atoms with van der Waals surface area (Å²) in [5, 5.41) is 12.0. The van der Waals surface area contributed by atoms with Gasteiger partial charge in [-0.2, -0.15) is 18.4 Å². The highest BCUT2D eigenvalue weighted by atomic mass is 19.4. The van der Waals surface area contributed by atoms with E-state index in [-0.39, 0.29) is 36.8 Å². The Bertz CT molecular complexity index is 1070. The van der Waals surface area contributed by atoms with Crippen molar-refractivity contribution in [3.05, 3.63) is 29.3 Å². The molecular weight excluding hydrogens is 443 g/mol. The van der Waals surface area contributed by atoms with E-state index < -0.39 is 46.6 Å². The summed E-state index contributed by atoms with van der Waals surface area (Å²) in [6.07, 6.45) is -4.74. The van der Waals surface area contributed by atoms with Crippen molar-refractivity contribution in [1.29, 1.82) is 5.26 Å². The summed E-state index contributed by atoms with van der Waals surface area (Å²) in [5.74, 6) is -1.77. The van der Waals surface area contributed by atoms with E-state index >= 15 is 0 Å². The van der Waals surface area contributed by atoms with Crippen molar-refractivity contribution in [1.82, 2.24) is 5.32 Å². The van der Waals surface area contributed by atoms with Crippen LogP contribution < -0.4 is 10.2 Å². The molecule has 2 bridgehead atoms. The molecule has 1 N–H and O–H groups in total. The maximum Gasteiger partial charge on any atom is 0.417 e. The van der Waals surface area contributed by atoms with Crippen LogP contribution in [-0.2, 0) is 30.0 Å². The summed E-state index contributed by atoms with van der Waals surface area (Å²) < 4.78 is 57.9. The molecule has 2 amide bonds. The van der Waals surface area contributed by atoms with Crippen molar-refractivity contribution in [2.75, 3.05) is 25.2 Å². The number of benzene rings is 1. The molecule has 8 nitrogen and oxygen atoms in total. The quantitative estimate of drug-likeness (QED) is 0.730. The van der Waals surface area contributed by atoms with E-state index in [2.05, 4.69) is 5.32 Å². The molecule has 5 rings (SSSR count). The number of carbonyl (C=O) groups is 2. The van der Waals surface area contributed by atoms with Crippen LogP contribution in [0.25, 0.3) is 0 Å². The van der Waals surface area contributed by atoms with Crippen LogP contribution in [0.1, 0.15) is 30.9 Å². The summed E-state index contributed by atoms with van der Waals surface area (Å²) in [7, 11) is 1.41. The molecule has 1 aromatic carbocycles. The zero-order valence-corrected chi connectivity index (χ0v) is 17.9. The molecule has 1 aromatic rings. The van der Waals surface area contributed by atoms with E-state index in [0.29, 0.717) is 12.8 Å². The number of halogens is 3. The van der Waals surface area contributed by atoms with Crippen LogP contribution in [0, 0.1) is 23.2 Å². The molecule has 4 saturated heterocycles. The average Bonchev–Trinajstić information content (AvgIpc) is 3.31. The predicted octanol–water partition coefficient (Wildman–Crippen LogP) is 1.97. The number of nitrogens with zero attached hydrogens (tertiary/aromatic N) is 2. The third-order valence-corrected chi connectivity index (χ3v) is 7.37. The minimum absolute atomic E-state index is 0.0192. The van der Waals surface area contributed by atoms with Crippen LogP contribution >= 0.6 is 0 Å². The lowest BCUT2D eigenvalue weighted by atomic mass is 9.64. The van der Waals surface area contributed by atoms with E-state index in [1.807, 2.05) is 0 Å². The van der Waals surface area contributed by atoms with Crippen LogP contribution in [0.5, 0.6) is 0 Å². The maximum atomic E-state index is 13.6. The number of methoxy groups -OCH3 is 1. The molecule has 4 fully saturated rings. The molecule has 0 unspecified atom stereocenters. The molecule has 4 aliphatic heterocycles. The Kier molecular flexibility index (Phi) is 4.80. The minimum Gasteiger partial charge on any atom is -0.375 e. The van der Waals surface area contributed by atoms with Gasteiger partial charge in [0.05, 0.1) is 52.9 Å². The van der Waals surface area contributed by atoms with E-state index in [1.54, 1.807) is 13.0 Å². The van der Waals surface area contributed by atoms with Gasteiger partial charge in [-0.25, -0.2) is 0 Å². The lowest BCUT2D eigenvalue weighted by molar-refractivity contribution is -0.148. The van der Waals surface area contributed by atoms with Gasteiger partial charge in [0.2, 0.25) is 11.8 Å². The number of fused-ring (bicyclic) bond motifs is 2. The van der Waals surface area contributed by atoms with E-state index in [0.717, 1.165) is 12.1 Å². The predicted molar refractivity (Wildman–Crippen MR) is 106 cm³/mol. The normalized spacial score (nSPS) is 36.6. The molecule has 0 radical (unpaired) electrons. The number of carbonyl (C=O) groups excluding carboxylic acids is 2. The maximum absolute atomic E-state index is 13.6. The Hall–Kier alpha value is -2.68. The Labute approximate surface area is 187 Å².